The fraction of sp³-hybridized carbons (Fsp3) is 0.368. The molecule has 0 radical (unpaired) electrons. The second kappa shape index (κ2) is 6.95. The Balaban J connectivity index is 1.52. The second-order valence-electron chi connectivity index (χ2n) is 6.09. The first kappa shape index (κ1) is 15.1. The van der Waals surface area contributed by atoms with Gasteiger partial charge in [0.25, 0.3) is 0 Å². The number of phenolic OH excluding ortho intramolecular Hbond substituents is 1. The quantitative estimate of drug-likeness (QED) is 0.910. The van der Waals surface area contributed by atoms with Crippen molar-refractivity contribution in [2.75, 3.05) is 19.6 Å². The van der Waals surface area contributed by atoms with Crippen molar-refractivity contribution in [3.63, 3.8) is 0 Å². The number of nitrogens with zero attached hydrogens (tertiary/aromatic N) is 1. The third-order valence-corrected chi connectivity index (χ3v) is 4.57. The van der Waals surface area contributed by atoms with Gasteiger partial charge in [-0.25, -0.2) is 0 Å². The van der Waals surface area contributed by atoms with Gasteiger partial charge in [0, 0.05) is 6.54 Å². The Hall–Kier alpha value is -1.84. The van der Waals surface area contributed by atoms with Gasteiger partial charge in [0.1, 0.15) is 5.75 Å². The lowest BCUT2D eigenvalue weighted by atomic mass is 9.89. The zero-order valence-electron chi connectivity index (χ0n) is 12.7. The molecule has 2 aromatic carbocycles. The van der Waals surface area contributed by atoms with E-state index in [2.05, 4.69) is 4.90 Å². The van der Waals surface area contributed by atoms with E-state index in [1.54, 1.807) is 12.1 Å². The number of aliphatic hydroxyl groups is 1. The molecule has 0 aromatic heterocycles. The molecule has 0 saturated carbocycles. The van der Waals surface area contributed by atoms with Crippen LogP contribution in [-0.2, 0) is 0 Å². The first-order chi connectivity index (χ1) is 10.7. The summed E-state index contributed by atoms with van der Waals surface area (Å²) in [7, 11) is 0. The lowest BCUT2D eigenvalue weighted by Gasteiger charge is -2.33. The zero-order valence-corrected chi connectivity index (χ0v) is 12.7. The summed E-state index contributed by atoms with van der Waals surface area (Å²) >= 11 is 0. The number of β-amino-alcohol motifs (C(OH)–C–C–N with tert-alkyl or cyclic N) is 1. The first-order valence-electron chi connectivity index (χ1n) is 7.96. The SMILES string of the molecule is Oc1ccc(C2CCN(C[C@H](O)c3ccccc3)CC2)cc1. The first-order valence-corrected chi connectivity index (χ1v) is 7.96. The summed E-state index contributed by atoms with van der Waals surface area (Å²) in [6, 6.07) is 17.4. The van der Waals surface area contributed by atoms with Crippen LogP contribution in [0.15, 0.2) is 54.6 Å². The second-order valence-corrected chi connectivity index (χ2v) is 6.09. The highest BCUT2D eigenvalue weighted by Gasteiger charge is 2.22. The number of phenols is 1. The van der Waals surface area contributed by atoms with Crippen LogP contribution in [0.3, 0.4) is 0 Å². The molecule has 3 heteroatoms. The fourth-order valence-corrected chi connectivity index (χ4v) is 3.22. The van der Waals surface area contributed by atoms with Gasteiger partial charge in [0.2, 0.25) is 0 Å². The minimum atomic E-state index is -0.411. The monoisotopic (exact) mass is 297 g/mol. The summed E-state index contributed by atoms with van der Waals surface area (Å²) in [5, 5.41) is 19.7. The van der Waals surface area contributed by atoms with Crippen LogP contribution in [0.5, 0.6) is 5.75 Å². The number of rotatable bonds is 4. The number of hydrogen-bond acceptors (Lipinski definition) is 3. The number of aromatic hydroxyl groups is 1. The van der Waals surface area contributed by atoms with Gasteiger partial charge in [-0.1, -0.05) is 42.5 Å². The van der Waals surface area contributed by atoms with Crippen LogP contribution >= 0.6 is 0 Å². The van der Waals surface area contributed by atoms with Gasteiger partial charge >= 0.3 is 0 Å². The van der Waals surface area contributed by atoms with Crippen molar-refractivity contribution >= 4 is 0 Å². The molecule has 1 heterocycles. The van der Waals surface area contributed by atoms with Gasteiger partial charge in [0.15, 0.2) is 0 Å². The van der Waals surface area contributed by atoms with Gasteiger partial charge in [-0.05, 0) is 55.1 Å². The molecular formula is C19H23NO2. The van der Waals surface area contributed by atoms with Crippen molar-refractivity contribution in [2.45, 2.75) is 24.9 Å². The van der Waals surface area contributed by atoms with E-state index in [4.69, 9.17) is 0 Å². The highest BCUT2D eigenvalue weighted by Crippen LogP contribution is 2.29. The summed E-state index contributed by atoms with van der Waals surface area (Å²) in [5.74, 6) is 0.887. The molecular weight excluding hydrogens is 274 g/mol. The Morgan fingerprint density at radius 3 is 2.23 bits per heavy atom. The molecule has 0 aliphatic carbocycles. The normalized spacial score (nSPS) is 18.2. The third kappa shape index (κ3) is 3.67. The van der Waals surface area contributed by atoms with Crippen LogP contribution in [0, 0.1) is 0 Å². The van der Waals surface area contributed by atoms with Gasteiger partial charge < -0.3 is 15.1 Å². The van der Waals surface area contributed by atoms with Crippen LogP contribution < -0.4 is 0 Å². The van der Waals surface area contributed by atoms with Crippen LogP contribution in [-0.4, -0.2) is 34.7 Å². The standard InChI is InChI=1S/C19H23NO2/c21-18-8-6-15(7-9-18)16-10-12-20(13-11-16)14-19(22)17-4-2-1-3-5-17/h1-9,16,19,21-22H,10-14H2/t19-/m0/s1. The lowest BCUT2D eigenvalue weighted by molar-refractivity contribution is 0.0972. The number of hydrogen-bond donors (Lipinski definition) is 2. The number of likely N-dealkylation sites (tertiary alicyclic amines) is 1. The molecule has 1 atom stereocenters. The molecule has 0 unspecified atom stereocenters. The topological polar surface area (TPSA) is 43.7 Å². The summed E-state index contributed by atoms with van der Waals surface area (Å²) in [6.07, 6.45) is 1.80. The molecule has 0 spiro atoms. The Kier molecular flexibility index (Phi) is 4.76. The van der Waals surface area contributed by atoms with Crippen LogP contribution in [0.25, 0.3) is 0 Å². The Morgan fingerprint density at radius 2 is 1.59 bits per heavy atom. The molecule has 0 amide bonds. The van der Waals surface area contributed by atoms with E-state index >= 15 is 0 Å². The molecule has 2 N–H and O–H groups in total. The Morgan fingerprint density at radius 1 is 0.955 bits per heavy atom. The molecule has 1 fully saturated rings. The van der Waals surface area contributed by atoms with E-state index in [1.807, 2.05) is 42.5 Å². The summed E-state index contributed by atoms with van der Waals surface area (Å²) in [5.41, 5.74) is 2.30. The maximum Gasteiger partial charge on any atom is 0.115 e. The van der Waals surface area contributed by atoms with Crippen molar-refractivity contribution in [3.05, 3.63) is 65.7 Å². The van der Waals surface area contributed by atoms with Crippen molar-refractivity contribution < 1.29 is 10.2 Å². The molecule has 0 bridgehead atoms. The van der Waals surface area contributed by atoms with Crippen molar-refractivity contribution in [3.8, 4) is 5.75 Å². The van der Waals surface area contributed by atoms with Crippen molar-refractivity contribution in [1.29, 1.82) is 0 Å². The van der Waals surface area contributed by atoms with Crippen LogP contribution in [0.4, 0.5) is 0 Å². The minimum Gasteiger partial charge on any atom is -0.508 e. The molecule has 1 saturated heterocycles. The summed E-state index contributed by atoms with van der Waals surface area (Å²) in [6.45, 7) is 2.72. The predicted octanol–water partition coefficient (Wildman–Crippen LogP) is 3.31. The van der Waals surface area contributed by atoms with Gasteiger partial charge in [-0.2, -0.15) is 0 Å². The van der Waals surface area contributed by atoms with E-state index < -0.39 is 6.10 Å². The van der Waals surface area contributed by atoms with E-state index in [0.717, 1.165) is 31.5 Å². The number of benzene rings is 2. The molecule has 116 valence electrons. The van der Waals surface area contributed by atoms with E-state index in [1.165, 1.54) is 5.56 Å². The molecule has 1 aliphatic rings. The Bertz CT molecular complexity index is 574. The number of piperidine rings is 1. The smallest absolute Gasteiger partial charge is 0.115 e. The Labute approximate surface area is 131 Å². The largest absolute Gasteiger partial charge is 0.508 e. The lowest BCUT2D eigenvalue weighted by Crippen LogP contribution is -2.36. The third-order valence-electron chi connectivity index (χ3n) is 4.57. The minimum absolute atomic E-state index is 0.326. The highest BCUT2D eigenvalue weighted by molar-refractivity contribution is 5.28. The highest BCUT2D eigenvalue weighted by atomic mass is 16.3. The fourth-order valence-electron chi connectivity index (χ4n) is 3.22. The van der Waals surface area contributed by atoms with Gasteiger partial charge in [-0.15, -0.1) is 0 Å². The van der Waals surface area contributed by atoms with Crippen molar-refractivity contribution in [2.24, 2.45) is 0 Å². The zero-order chi connectivity index (χ0) is 15.4. The van der Waals surface area contributed by atoms with Gasteiger partial charge in [-0.3, -0.25) is 0 Å². The van der Waals surface area contributed by atoms with Crippen LogP contribution in [0.2, 0.25) is 0 Å². The number of aliphatic hydroxyl groups excluding tert-OH is 1. The summed E-state index contributed by atoms with van der Waals surface area (Å²) in [4.78, 5) is 2.34. The van der Waals surface area contributed by atoms with E-state index in [9.17, 15) is 10.2 Å². The molecule has 3 nitrogen and oxygen atoms in total. The molecule has 2 aromatic rings. The maximum atomic E-state index is 10.3. The molecule has 22 heavy (non-hydrogen) atoms. The van der Waals surface area contributed by atoms with Crippen LogP contribution in [0.1, 0.15) is 36.0 Å². The predicted molar refractivity (Wildman–Crippen MR) is 87.9 cm³/mol. The van der Waals surface area contributed by atoms with Crippen molar-refractivity contribution in [1.82, 2.24) is 4.90 Å². The van der Waals surface area contributed by atoms with Gasteiger partial charge in [0.05, 0.1) is 6.10 Å². The molecule has 1 aliphatic heterocycles. The molecule has 3 rings (SSSR count). The van der Waals surface area contributed by atoms with E-state index in [0.29, 0.717) is 18.2 Å². The average molecular weight is 297 g/mol. The van der Waals surface area contributed by atoms with E-state index in [-0.39, 0.29) is 0 Å². The average Bonchev–Trinajstić information content (AvgIpc) is 2.57. The summed E-state index contributed by atoms with van der Waals surface area (Å²) < 4.78 is 0. The maximum absolute atomic E-state index is 10.3.